The highest BCUT2D eigenvalue weighted by Crippen LogP contribution is 2.24. The summed E-state index contributed by atoms with van der Waals surface area (Å²) in [6.45, 7) is 1.91. The minimum absolute atomic E-state index is 0.224. The van der Waals surface area contributed by atoms with E-state index in [-0.39, 0.29) is 12.4 Å². The van der Waals surface area contributed by atoms with Gasteiger partial charge in [0.05, 0.1) is 11.6 Å². The van der Waals surface area contributed by atoms with E-state index in [0.29, 0.717) is 10.8 Å². The molecule has 1 aromatic carbocycles. The second-order valence-electron chi connectivity index (χ2n) is 3.13. The zero-order chi connectivity index (χ0) is 10.6. The molecular formula is C9H12BClO3. The molecule has 0 aliphatic rings. The summed E-state index contributed by atoms with van der Waals surface area (Å²) in [5.74, 6) is 0.216. The highest BCUT2D eigenvalue weighted by Gasteiger charge is 2.18. The van der Waals surface area contributed by atoms with Crippen molar-refractivity contribution in [3.05, 3.63) is 29.3 Å². The molecule has 5 heteroatoms. The summed E-state index contributed by atoms with van der Waals surface area (Å²) in [6.07, 6.45) is 0. The smallest absolute Gasteiger partial charge is 0.457 e. The number of ether oxygens (including phenoxy) is 1. The summed E-state index contributed by atoms with van der Waals surface area (Å²) in [5.41, 5.74) is 0. The van der Waals surface area contributed by atoms with Crippen LogP contribution in [-0.4, -0.2) is 23.8 Å². The van der Waals surface area contributed by atoms with Gasteiger partial charge in [-0.1, -0.05) is 30.7 Å². The number of para-hydroxylation sites is 1. The first-order valence-electron chi connectivity index (χ1n) is 4.34. The maximum Gasteiger partial charge on any atom is 0.457 e. The van der Waals surface area contributed by atoms with Crippen LogP contribution in [0.1, 0.15) is 6.92 Å². The molecule has 0 heterocycles. The third-order valence-corrected chi connectivity index (χ3v) is 2.16. The molecule has 0 amide bonds. The molecule has 0 aromatic heterocycles. The minimum atomic E-state index is -1.36. The van der Waals surface area contributed by atoms with Crippen LogP contribution in [-0.2, 0) is 0 Å². The lowest BCUT2D eigenvalue weighted by Gasteiger charge is -2.12. The van der Waals surface area contributed by atoms with Crippen LogP contribution in [0.4, 0.5) is 0 Å². The van der Waals surface area contributed by atoms with Crippen LogP contribution in [0.25, 0.3) is 0 Å². The lowest BCUT2D eigenvalue weighted by atomic mass is 9.75. The lowest BCUT2D eigenvalue weighted by molar-refractivity contribution is 0.287. The molecule has 0 fully saturated rings. The molecule has 2 N–H and O–H groups in total. The molecular weight excluding hydrogens is 202 g/mol. The molecule has 76 valence electrons. The second-order valence-corrected chi connectivity index (χ2v) is 3.54. The molecule has 0 radical (unpaired) electrons. The van der Waals surface area contributed by atoms with Crippen LogP contribution in [0.3, 0.4) is 0 Å². The fourth-order valence-electron chi connectivity index (χ4n) is 0.869. The zero-order valence-electron chi connectivity index (χ0n) is 7.85. The van der Waals surface area contributed by atoms with Gasteiger partial charge in [-0.15, -0.1) is 0 Å². The summed E-state index contributed by atoms with van der Waals surface area (Å²) in [5, 5.41) is 18.1. The van der Waals surface area contributed by atoms with E-state index in [2.05, 4.69) is 0 Å². The molecule has 0 spiro atoms. The Hall–Kier alpha value is -0.705. The number of halogens is 1. The Morgan fingerprint density at radius 2 is 2.07 bits per heavy atom. The summed E-state index contributed by atoms with van der Waals surface area (Å²) >= 11 is 5.84. The number of benzene rings is 1. The van der Waals surface area contributed by atoms with Crippen LogP contribution in [0.5, 0.6) is 5.75 Å². The Kier molecular flexibility index (Phi) is 4.26. The first-order chi connectivity index (χ1) is 6.61. The average Bonchev–Trinajstić information content (AvgIpc) is 2.16. The Bertz CT molecular complexity index is 293. The van der Waals surface area contributed by atoms with Gasteiger partial charge in [0, 0.05) is 5.82 Å². The van der Waals surface area contributed by atoms with Crippen LogP contribution >= 0.6 is 11.6 Å². The Morgan fingerprint density at radius 3 is 2.64 bits per heavy atom. The van der Waals surface area contributed by atoms with Crippen LogP contribution in [0.15, 0.2) is 24.3 Å². The van der Waals surface area contributed by atoms with Gasteiger partial charge in [0.2, 0.25) is 0 Å². The molecule has 0 unspecified atom stereocenters. The van der Waals surface area contributed by atoms with Crippen molar-refractivity contribution < 1.29 is 14.8 Å². The molecule has 1 aromatic rings. The van der Waals surface area contributed by atoms with Crippen molar-refractivity contribution in [1.82, 2.24) is 0 Å². The minimum Gasteiger partial charge on any atom is -0.492 e. The Labute approximate surface area is 88.4 Å². The van der Waals surface area contributed by atoms with E-state index in [4.69, 9.17) is 26.4 Å². The van der Waals surface area contributed by atoms with Crippen molar-refractivity contribution in [3.8, 4) is 5.75 Å². The maximum absolute atomic E-state index is 8.81. The Balaban J connectivity index is 2.50. The molecule has 0 aliphatic heterocycles. The molecule has 0 saturated heterocycles. The van der Waals surface area contributed by atoms with Crippen molar-refractivity contribution >= 4 is 18.7 Å². The lowest BCUT2D eigenvalue weighted by Crippen LogP contribution is -2.23. The number of rotatable bonds is 4. The third kappa shape index (κ3) is 3.22. The van der Waals surface area contributed by atoms with E-state index in [1.807, 2.05) is 0 Å². The van der Waals surface area contributed by atoms with E-state index >= 15 is 0 Å². The second kappa shape index (κ2) is 5.24. The summed E-state index contributed by atoms with van der Waals surface area (Å²) in [6, 6.07) is 7.07. The highest BCUT2D eigenvalue weighted by atomic mass is 35.5. The molecule has 1 atom stereocenters. The predicted octanol–water partition coefficient (Wildman–Crippen LogP) is 1.58. The first kappa shape index (κ1) is 11.4. The van der Waals surface area contributed by atoms with Gasteiger partial charge in [-0.25, -0.2) is 0 Å². The summed E-state index contributed by atoms with van der Waals surface area (Å²) in [4.78, 5) is 0. The SMILES string of the molecule is C[C@@H](COc1ccccc1Cl)B(O)O. The van der Waals surface area contributed by atoms with E-state index in [0.717, 1.165) is 0 Å². The van der Waals surface area contributed by atoms with E-state index in [1.165, 1.54) is 0 Å². The van der Waals surface area contributed by atoms with Crippen LogP contribution in [0.2, 0.25) is 10.8 Å². The third-order valence-electron chi connectivity index (χ3n) is 1.85. The van der Waals surface area contributed by atoms with Crippen molar-refractivity contribution in [2.24, 2.45) is 0 Å². The standard InChI is InChI=1S/C9H12BClO3/c1-7(10(12)13)6-14-9-5-3-2-4-8(9)11/h2-5,7,12-13H,6H2,1H3/t7-/m0/s1. The van der Waals surface area contributed by atoms with Crippen molar-refractivity contribution in [1.29, 1.82) is 0 Å². The van der Waals surface area contributed by atoms with Gasteiger partial charge in [-0.3, -0.25) is 0 Å². The van der Waals surface area contributed by atoms with Gasteiger partial charge in [0.15, 0.2) is 0 Å². The van der Waals surface area contributed by atoms with Crippen LogP contribution in [0, 0.1) is 0 Å². The van der Waals surface area contributed by atoms with E-state index in [1.54, 1.807) is 31.2 Å². The van der Waals surface area contributed by atoms with Crippen molar-refractivity contribution in [2.45, 2.75) is 12.7 Å². The number of hydrogen-bond acceptors (Lipinski definition) is 3. The molecule has 0 aliphatic carbocycles. The van der Waals surface area contributed by atoms with Crippen molar-refractivity contribution in [2.75, 3.05) is 6.61 Å². The fourth-order valence-corrected chi connectivity index (χ4v) is 1.06. The zero-order valence-corrected chi connectivity index (χ0v) is 8.61. The fraction of sp³-hybridized carbons (Fsp3) is 0.333. The van der Waals surface area contributed by atoms with Gasteiger partial charge in [-0.2, -0.15) is 0 Å². The van der Waals surface area contributed by atoms with Gasteiger partial charge in [-0.05, 0) is 12.1 Å². The van der Waals surface area contributed by atoms with Crippen LogP contribution < -0.4 is 4.74 Å². The van der Waals surface area contributed by atoms with Gasteiger partial charge in [0.25, 0.3) is 0 Å². The molecule has 3 nitrogen and oxygen atoms in total. The molecule has 14 heavy (non-hydrogen) atoms. The monoisotopic (exact) mass is 214 g/mol. The maximum atomic E-state index is 8.81. The summed E-state index contributed by atoms with van der Waals surface area (Å²) in [7, 11) is -1.36. The topological polar surface area (TPSA) is 49.7 Å². The van der Waals surface area contributed by atoms with Gasteiger partial charge < -0.3 is 14.8 Å². The number of hydrogen-bond donors (Lipinski definition) is 2. The van der Waals surface area contributed by atoms with Crippen molar-refractivity contribution in [3.63, 3.8) is 0 Å². The molecule has 0 saturated carbocycles. The highest BCUT2D eigenvalue weighted by molar-refractivity contribution is 6.43. The Morgan fingerprint density at radius 1 is 1.43 bits per heavy atom. The predicted molar refractivity (Wildman–Crippen MR) is 56.6 cm³/mol. The van der Waals surface area contributed by atoms with Gasteiger partial charge in [0.1, 0.15) is 5.75 Å². The largest absolute Gasteiger partial charge is 0.492 e. The summed E-state index contributed by atoms with van der Waals surface area (Å²) < 4.78 is 5.31. The van der Waals surface area contributed by atoms with Gasteiger partial charge >= 0.3 is 7.12 Å². The quantitative estimate of drug-likeness (QED) is 0.748. The first-order valence-corrected chi connectivity index (χ1v) is 4.72. The molecule has 0 bridgehead atoms. The van der Waals surface area contributed by atoms with E-state index in [9.17, 15) is 0 Å². The van der Waals surface area contributed by atoms with E-state index < -0.39 is 7.12 Å². The average molecular weight is 214 g/mol. The molecule has 1 rings (SSSR count). The normalized spacial score (nSPS) is 12.3.